The lowest BCUT2D eigenvalue weighted by Gasteiger charge is -2.11. The molecular weight excluding hydrogens is 398 g/mol. The Labute approximate surface area is 180 Å². The van der Waals surface area contributed by atoms with Crippen LogP contribution in [-0.4, -0.2) is 44.1 Å². The fourth-order valence-electron chi connectivity index (χ4n) is 3.08. The molecule has 30 heavy (non-hydrogen) atoms. The van der Waals surface area contributed by atoms with Gasteiger partial charge in [0, 0.05) is 23.7 Å². The van der Waals surface area contributed by atoms with Crippen molar-refractivity contribution < 1.29 is 14.6 Å². The average Bonchev–Trinajstić information content (AvgIpc) is 3.55. The molecule has 1 atom stereocenters. The highest BCUT2D eigenvalue weighted by Gasteiger charge is 2.30. The van der Waals surface area contributed by atoms with Crippen molar-refractivity contribution in [3.8, 4) is 11.4 Å². The summed E-state index contributed by atoms with van der Waals surface area (Å²) in [7, 11) is 0. The number of rotatable bonds is 10. The first-order valence-electron chi connectivity index (χ1n) is 10.2. The summed E-state index contributed by atoms with van der Waals surface area (Å²) in [5, 5.41) is 15.6. The van der Waals surface area contributed by atoms with Gasteiger partial charge in [0.15, 0.2) is 5.78 Å². The molecule has 1 aliphatic rings. The Morgan fingerprint density at radius 3 is 2.60 bits per heavy atom. The second kappa shape index (κ2) is 9.45. The smallest absolute Gasteiger partial charge is 0.209 e. The number of Topliss-reactive ketones (excluding diaryl/α,β-unsaturated/α-hetero) is 1. The molecule has 1 aliphatic carbocycles. The van der Waals surface area contributed by atoms with Crippen LogP contribution in [0.1, 0.15) is 48.3 Å². The van der Waals surface area contributed by atoms with Crippen molar-refractivity contribution in [2.45, 2.75) is 43.4 Å². The summed E-state index contributed by atoms with van der Waals surface area (Å²) >= 11 is 1.43. The number of hydrogen-bond acceptors (Lipinski definition) is 6. The zero-order chi connectivity index (χ0) is 20.9. The summed E-state index contributed by atoms with van der Waals surface area (Å²) in [5.74, 6) is 2.65. The molecule has 0 bridgehead atoms. The van der Waals surface area contributed by atoms with E-state index in [1.165, 1.54) is 11.8 Å². The average molecular weight is 424 g/mol. The van der Waals surface area contributed by atoms with Crippen LogP contribution in [0.2, 0.25) is 0 Å². The van der Waals surface area contributed by atoms with Crippen molar-refractivity contribution >= 4 is 17.5 Å². The Balaban J connectivity index is 1.32. The first-order chi connectivity index (χ1) is 14.6. The number of ketones is 1. The molecule has 2 aromatic carbocycles. The van der Waals surface area contributed by atoms with E-state index >= 15 is 0 Å². The van der Waals surface area contributed by atoms with Crippen LogP contribution in [-0.2, 0) is 0 Å². The van der Waals surface area contributed by atoms with Crippen molar-refractivity contribution in [1.82, 2.24) is 14.8 Å². The molecule has 7 heteroatoms. The Bertz CT molecular complexity index is 985. The van der Waals surface area contributed by atoms with Crippen molar-refractivity contribution in [3.63, 3.8) is 0 Å². The number of carbonyl (C=O) groups is 1. The van der Waals surface area contributed by atoms with Gasteiger partial charge in [0.2, 0.25) is 5.16 Å². The molecule has 6 nitrogen and oxygen atoms in total. The van der Waals surface area contributed by atoms with Gasteiger partial charge in [0.1, 0.15) is 18.2 Å². The molecule has 0 spiro atoms. The first-order valence-corrected chi connectivity index (χ1v) is 11.2. The number of nitrogens with zero attached hydrogens (tertiary/aromatic N) is 3. The third kappa shape index (κ3) is 5.09. The van der Waals surface area contributed by atoms with Gasteiger partial charge in [-0.3, -0.25) is 4.79 Å². The fourth-order valence-corrected chi connectivity index (χ4v) is 3.82. The van der Waals surface area contributed by atoms with Gasteiger partial charge in [-0.1, -0.05) is 36.9 Å². The summed E-state index contributed by atoms with van der Waals surface area (Å²) in [4.78, 5) is 16.4. The number of aliphatic hydroxyl groups excluding tert-OH is 1. The van der Waals surface area contributed by atoms with Gasteiger partial charge in [0.05, 0.1) is 11.8 Å². The number of hydrogen-bond donors (Lipinski definition) is 1. The van der Waals surface area contributed by atoms with Gasteiger partial charge in [-0.15, -0.1) is 5.10 Å². The number of thioether (sulfide) groups is 1. The standard InChI is InChI=1S/C23H25N3O3S/c1-2-21(28)16-10-12-20(13-11-16)29-14-19(27)15-30-23-24-22(17-8-9-17)26(25-23)18-6-4-3-5-7-18/h3-7,10-13,17,19,27H,2,8-9,14-15H2,1H3/t19-/m1/s1. The van der Waals surface area contributed by atoms with Crippen molar-refractivity contribution in [2.75, 3.05) is 12.4 Å². The molecular formula is C23H25N3O3S. The lowest BCUT2D eigenvalue weighted by Crippen LogP contribution is -2.20. The molecule has 1 fully saturated rings. The fraction of sp³-hybridized carbons (Fsp3) is 0.348. The van der Waals surface area contributed by atoms with Crippen LogP contribution < -0.4 is 4.74 Å². The highest BCUT2D eigenvalue weighted by molar-refractivity contribution is 7.99. The number of aromatic nitrogens is 3. The van der Waals surface area contributed by atoms with Gasteiger partial charge in [-0.2, -0.15) is 0 Å². The number of para-hydroxylation sites is 1. The minimum atomic E-state index is -0.653. The monoisotopic (exact) mass is 423 g/mol. The lowest BCUT2D eigenvalue weighted by atomic mass is 10.1. The Morgan fingerprint density at radius 2 is 1.93 bits per heavy atom. The van der Waals surface area contributed by atoms with Gasteiger partial charge < -0.3 is 9.84 Å². The molecule has 0 aliphatic heterocycles. The van der Waals surface area contributed by atoms with Crippen LogP contribution in [0.25, 0.3) is 5.69 Å². The third-order valence-electron chi connectivity index (χ3n) is 4.90. The van der Waals surface area contributed by atoms with Gasteiger partial charge >= 0.3 is 0 Å². The van der Waals surface area contributed by atoms with E-state index in [0.29, 0.717) is 34.6 Å². The van der Waals surface area contributed by atoms with E-state index in [4.69, 9.17) is 9.72 Å². The normalized spacial score (nSPS) is 14.5. The molecule has 1 N–H and O–H groups in total. The van der Waals surface area contributed by atoms with E-state index in [1.54, 1.807) is 24.3 Å². The Morgan fingerprint density at radius 1 is 1.20 bits per heavy atom. The lowest BCUT2D eigenvalue weighted by molar-refractivity contribution is 0.0987. The van der Waals surface area contributed by atoms with Gasteiger partial charge in [0.25, 0.3) is 0 Å². The Hall–Kier alpha value is -2.64. The van der Waals surface area contributed by atoms with Crippen molar-refractivity contribution in [3.05, 3.63) is 66.0 Å². The molecule has 1 saturated carbocycles. The van der Waals surface area contributed by atoms with Gasteiger partial charge in [-0.25, -0.2) is 9.67 Å². The van der Waals surface area contributed by atoms with Crippen LogP contribution in [0.4, 0.5) is 0 Å². The highest BCUT2D eigenvalue weighted by atomic mass is 32.2. The topological polar surface area (TPSA) is 77.2 Å². The van der Waals surface area contributed by atoms with E-state index in [9.17, 15) is 9.90 Å². The van der Waals surface area contributed by atoms with Crippen LogP contribution in [0.3, 0.4) is 0 Å². The zero-order valence-corrected chi connectivity index (χ0v) is 17.7. The SMILES string of the molecule is CCC(=O)c1ccc(OC[C@@H](O)CSc2nc(C3CC3)n(-c3ccccc3)n2)cc1. The molecule has 3 aromatic rings. The van der Waals surface area contributed by atoms with Crippen LogP contribution >= 0.6 is 11.8 Å². The molecule has 4 rings (SSSR count). The van der Waals surface area contributed by atoms with Gasteiger partial charge in [-0.05, 0) is 49.2 Å². The predicted molar refractivity (Wildman–Crippen MR) is 117 cm³/mol. The van der Waals surface area contributed by atoms with Crippen LogP contribution in [0.5, 0.6) is 5.75 Å². The highest BCUT2D eigenvalue weighted by Crippen LogP contribution is 2.40. The van der Waals surface area contributed by atoms with E-state index in [0.717, 1.165) is 24.4 Å². The van der Waals surface area contributed by atoms with E-state index in [-0.39, 0.29) is 12.4 Å². The Kier molecular flexibility index (Phi) is 6.50. The summed E-state index contributed by atoms with van der Waals surface area (Å²) < 4.78 is 7.57. The number of benzene rings is 2. The second-order valence-electron chi connectivity index (χ2n) is 7.35. The molecule has 1 heterocycles. The first kappa shape index (κ1) is 20.6. The maximum absolute atomic E-state index is 11.7. The minimum absolute atomic E-state index is 0.103. The summed E-state index contributed by atoms with van der Waals surface area (Å²) in [6, 6.07) is 17.0. The van der Waals surface area contributed by atoms with Crippen molar-refractivity contribution in [1.29, 1.82) is 0 Å². The molecule has 0 amide bonds. The predicted octanol–water partition coefficient (Wildman–Crippen LogP) is 4.27. The zero-order valence-electron chi connectivity index (χ0n) is 16.9. The molecule has 156 valence electrons. The number of carbonyl (C=O) groups excluding carboxylic acids is 1. The number of aliphatic hydroxyl groups is 1. The molecule has 1 aromatic heterocycles. The van der Waals surface area contributed by atoms with Crippen LogP contribution in [0.15, 0.2) is 59.8 Å². The van der Waals surface area contributed by atoms with Crippen molar-refractivity contribution in [2.24, 2.45) is 0 Å². The molecule has 0 unspecified atom stereocenters. The van der Waals surface area contributed by atoms with E-state index < -0.39 is 6.10 Å². The van der Waals surface area contributed by atoms with E-state index in [2.05, 4.69) is 5.10 Å². The van der Waals surface area contributed by atoms with E-state index in [1.807, 2.05) is 41.9 Å². The summed E-state index contributed by atoms with van der Waals surface area (Å²) in [6.07, 6.45) is 2.12. The molecule has 0 radical (unpaired) electrons. The second-order valence-corrected chi connectivity index (χ2v) is 8.34. The van der Waals surface area contributed by atoms with Crippen LogP contribution in [0, 0.1) is 0 Å². The maximum Gasteiger partial charge on any atom is 0.209 e. The summed E-state index contributed by atoms with van der Waals surface area (Å²) in [5.41, 5.74) is 1.68. The minimum Gasteiger partial charge on any atom is -0.491 e. The molecule has 0 saturated heterocycles. The summed E-state index contributed by atoms with van der Waals surface area (Å²) in [6.45, 7) is 2.01. The third-order valence-corrected chi connectivity index (χ3v) is 5.88. The maximum atomic E-state index is 11.7. The largest absolute Gasteiger partial charge is 0.491 e. The number of ether oxygens (including phenoxy) is 1. The quantitative estimate of drug-likeness (QED) is 0.388.